The molecule has 0 saturated carbocycles. The van der Waals surface area contributed by atoms with Gasteiger partial charge in [0.25, 0.3) is 0 Å². The monoisotopic (exact) mass is 226 g/mol. The Morgan fingerprint density at radius 1 is 1.29 bits per heavy atom. The molecule has 0 saturated heterocycles. The number of fused-ring (bicyclic) bond motifs is 1. The number of hydrogen-bond acceptors (Lipinski definition) is 3. The summed E-state index contributed by atoms with van der Waals surface area (Å²) in [5, 5.41) is 10.0. The molecule has 0 N–H and O–H groups in total. The lowest BCUT2D eigenvalue weighted by Crippen LogP contribution is -1.96. The van der Waals surface area contributed by atoms with Gasteiger partial charge in [0.1, 0.15) is 5.75 Å². The lowest BCUT2D eigenvalue weighted by atomic mass is 10.0. The Morgan fingerprint density at radius 3 is 2.65 bits per heavy atom. The van der Waals surface area contributed by atoms with Gasteiger partial charge in [-0.1, -0.05) is 13.8 Å². The van der Waals surface area contributed by atoms with E-state index in [9.17, 15) is 5.26 Å². The predicted octanol–water partition coefficient (Wildman–Crippen LogP) is 3.24. The van der Waals surface area contributed by atoms with E-state index in [1.54, 1.807) is 7.11 Å². The van der Waals surface area contributed by atoms with E-state index < -0.39 is 0 Å². The summed E-state index contributed by atoms with van der Waals surface area (Å²) in [5.41, 5.74) is 2.44. The molecule has 0 aliphatic rings. The molecule has 0 spiro atoms. The van der Waals surface area contributed by atoms with Gasteiger partial charge >= 0.3 is 0 Å². The molecule has 1 heterocycles. The van der Waals surface area contributed by atoms with Crippen molar-refractivity contribution in [2.45, 2.75) is 19.8 Å². The molecule has 0 aliphatic heterocycles. The fourth-order valence-corrected chi connectivity index (χ4v) is 1.74. The molecule has 1 aromatic heterocycles. The van der Waals surface area contributed by atoms with Crippen molar-refractivity contribution in [3.63, 3.8) is 0 Å². The van der Waals surface area contributed by atoms with E-state index in [1.807, 2.05) is 24.3 Å². The summed E-state index contributed by atoms with van der Waals surface area (Å²) < 4.78 is 5.16. The van der Waals surface area contributed by atoms with Crippen LogP contribution in [0.1, 0.15) is 31.0 Å². The maximum absolute atomic E-state index is 9.19. The van der Waals surface area contributed by atoms with E-state index in [-0.39, 0.29) is 0 Å². The lowest BCUT2D eigenvalue weighted by molar-refractivity contribution is 0.415. The quantitative estimate of drug-likeness (QED) is 0.789. The zero-order valence-electron chi connectivity index (χ0n) is 10.2. The number of rotatable bonds is 2. The van der Waals surface area contributed by atoms with Gasteiger partial charge in [-0.2, -0.15) is 5.26 Å². The van der Waals surface area contributed by atoms with Crippen LogP contribution < -0.4 is 4.74 Å². The van der Waals surface area contributed by atoms with Crippen LogP contribution in [0, 0.1) is 11.3 Å². The van der Waals surface area contributed by atoms with Gasteiger partial charge in [-0.15, -0.1) is 0 Å². The molecule has 2 aromatic rings. The van der Waals surface area contributed by atoms with Crippen molar-refractivity contribution in [1.29, 1.82) is 5.26 Å². The molecule has 2 rings (SSSR count). The Kier molecular flexibility index (Phi) is 2.97. The van der Waals surface area contributed by atoms with Crippen molar-refractivity contribution in [3.05, 3.63) is 35.5 Å². The molecule has 3 heteroatoms. The number of nitriles is 1. The van der Waals surface area contributed by atoms with E-state index in [4.69, 9.17) is 4.74 Å². The van der Waals surface area contributed by atoms with Gasteiger partial charge < -0.3 is 4.74 Å². The third-order valence-electron chi connectivity index (χ3n) is 2.75. The first kappa shape index (κ1) is 11.4. The Bertz CT molecular complexity index is 597. The van der Waals surface area contributed by atoms with Crippen LogP contribution in [0.25, 0.3) is 10.9 Å². The second kappa shape index (κ2) is 4.42. The standard InChI is InChI=1S/C14H14N2O/c1-9(2)14-6-10(8-15)12-7-11(17-3)4-5-13(12)16-14/h4-7,9H,1-3H3. The van der Waals surface area contributed by atoms with Gasteiger partial charge in [-0.25, -0.2) is 0 Å². The fourth-order valence-electron chi connectivity index (χ4n) is 1.74. The predicted molar refractivity (Wildman–Crippen MR) is 67.1 cm³/mol. The maximum atomic E-state index is 9.19. The zero-order chi connectivity index (χ0) is 12.4. The van der Waals surface area contributed by atoms with Crippen LogP contribution in [0.3, 0.4) is 0 Å². The highest BCUT2D eigenvalue weighted by Crippen LogP contribution is 2.25. The largest absolute Gasteiger partial charge is 0.497 e. The van der Waals surface area contributed by atoms with Gasteiger partial charge in [0.15, 0.2) is 0 Å². The Morgan fingerprint density at radius 2 is 2.06 bits per heavy atom. The average molecular weight is 226 g/mol. The molecule has 1 aromatic carbocycles. The van der Waals surface area contributed by atoms with Gasteiger partial charge in [0.2, 0.25) is 0 Å². The molecule has 3 nitrogen and oxygen atoms in total. The molecule has 0 amide bonds. The second-order valence-corrected chi connectivity index (χ2v) is 4.24. The molecule has 0 fully saturated rings. The molecule has 0 bridgehead atoms. The van der Waals surface area contributed by atoms with Gasteiger partial charge in [0, 0.05) is 11.1 Å². The summed E-state index contributed by atoms with van der Waals surface area (Å²) in [6, 6.07) is 9.68. The Labute approximate surface area is 101 Å². The third kappa shape index (κ3) is 2.07. The van der Waals surface area contributed by atoms with E-state index in [1.165, 1.54) is 0 Å². The second-order valence-electron chi connectivity index (χ2n) is 4.24. The minimum atomic E-state index is 0.314. The van der Waals surface area contributed by atoms with Gasteiger partial charge in [-0.3, -0.25) is 4.98 Å². The highest BCUT2D eigenvalue weighted by molar-refractivity contribution is 5.86. The van der Waals surface area contributed by atoms with Crippen LogP contribution in [0.5, 0.6) is 5.75 Å². The lowest BCUT2D eigenvalue weighted by Gasteiger charge is -2.08. The minimum Gasteiger partial charge on any atom is -0.497 e. The number of methoxy groups -OCH3 is 1. The summed E-state index contributed by atoms with van der Waals surface area (Å²) >= 11 is 0. The van der Waals surface area contributed by atoms with E-state index in [2.05, 4.69) is 24.9 Å². The first-order valence-corrected chi connectivity index (χ1v) is 5.54. The van der Waals surface area contributed by atoms with Crippen molar-refractivity contribution in [1.82, 2.24) is 4.98 Å². The number of benzene rings is 1. The van der Waals surface area contributed by atoms with Crippen molar-refractivity contribution in [3.8, 4) is 11.8 Å². The first-order valence-electron chi connectivity index (χ1n) is 5.54. The number of ether oxygens (including phenoxy) is 1. The molecule has 0 radical (unpaired) electrons. The molecule has 0 unspecified atom stereocenters. The smallest absolute Gasteiger partial charge is 0.119 e. The molecular formula is C14H14N2O. The van der Waals surface area contributed by atoms with Crippen LogP contribution in [0.4, 0.5) is 0 Å². The normalized spacial score (nSPS) is 10.5. The van der Waals surface area contributed by atoms with Crippen LogP contribution in [-0.2, 0) is 0 Å². The number of nitrogens with zero attached hydrogens (tertiary/aromatic N) is 2. The van der Waals surface area contributed by atoms with Crippen molar-refractivity contribution in [2.75, 3.05) is 7.11 Å². The van der Waals surface area contributed by atoms with Crippen molar-refractivity contribution >= 4 is 10.9 Å². The van der Waals surface area contributed by atoms with Crippen molar-refractivity contribution in [2.24, 2.45) is 0 Å². The van der Waals surface area contributed by atoms with Crippen LogP contribution in [-0.4, -0.2) is 12.1 Å². The van der Waals surface area contributed by atoms with Gasteiger partial charge in [-0.05, 0) is 30.2 Å². The van der Waals surface area contributed by atoms with E-state index >= 15 is 0 Å². The molecular weight excluding hydrogens is 212 g/mol. The van der Waals surface area contributed by atoms with Crippen LogP contribution >= 0.6 is 0 Å². The summed E-state index contributed by atoms with van der Waals surface area (Å²) in [5.74, 6) is 1.06. The number of aromatic nitrogens is 1. The molecule has 0 aliphatic carbocycles. The van der Waals surface area contributed by atoms with Crippen molar-refractivity contribution < 1.29 is 4.74 Å². The average Bonchev–Trinajstić information content (AvgIpc) is 2.36. The topological polar surface area (TPSA) is 45.9 Å². The summed E-state index contributed by atoms with van der Waals surface area (Å²) in [4.78, 5) is 4.55. The van der Waals surface area contributed by atoms with Crippen LogP contribution in [0.2, 0.25) is 0 Å². The summed E-state index contributed by atoms with van der Waals surface area (Å²) in [6.45, 7) is 4.14. The van der Waals surface area contributed by atoms with E-state index in [0.717, 1.165) is 22.3 Å². The SMILES string of the molecule is COc1ccc2nc(C(C)C)cc(C#N)c2c1. The van der Waals surface area contributed by atoms with Gasteiger partial charge in [0.05, 0.1) is 24.3 Å². The maximum Gasteiger partial charge on any atom is 0.119 e. The summed E-state index contributed by atoms with van der Waals surface area (Å²) in [6.07, 6.45) is 0. The highest BCUT2D eigenvalue weighted by atomic mass is 16.5. The Hall–Kier alpha value is -2.08. The minimum absolute atomic E-state index is 0.314. The number of pyridine rings is 1. The van der Waals surface area contributed by atoms with Crippen LogP contribution in [0.15, 0.2) is 24.3 Å². The van der Waals surface area contributed by atoms with E-state index in [0.29, 0.717) is 11.5 Å². The number of hydrogen-bond donors (Lipinski definition) is 0. The summed E-state index contributed by atoms with van der Waals surface area (Å²) in [7, 11) is 1.61. The molecule has 0 atom stereocenters. The molecule has 17 heavy (non-hydrogen) atoms. The zero-order valence-corrected chi connectivity index (χ0v) is 10.2. The molecule has 86 valence electrons. The first-order chi connectivity index (χ1) is 8.15. The third-order valence-corrected chi connectivity index (χ3v) is 2.75. The Balaban J connectivity index is 2.74. The highest BCUT2D eigenvalue weighted by Gasteiger charge is 2.09. The fraction of sp³-hybridized carbons (Fsp3) is 0.286.